The fraction of sp³-hybridized carbons (Fsp3) is 0.0952. The number of aromatic nitrogens is 2. The molecule has 146 valence electrons. The molecule has 0 unspecified atom stereocenters. The molecule has 8 heteroatoms. The number of anilines is 1. The summed E-state index contributed by atoms with van der Waals surface area (Å²) < 4.78 is 23.8. The molecule has 0 aliphatic carbocycles. The summed E-state index contributed by atoms with van der Waals surface area (Å²) in [6, 6.07) is 9.05. The van der Waals surface area contributed by atoms with Gasteiger partial charge in [-0.15, -0.1) is 0 Å². The Morgan fingerprint density at radius 3 is 2.86 bits per heavy atom. The van der Waals surface area contributed by atoms with Gasteiger partial charge in [0.25, 0.3) is 0 Å². The third-order valence-electron chi connectivity index (χ3n) is 4.24. The lowest BCUT2D eigenvalue weighted by atomic mass is 10.1. The Bertz CT molecular complexity index is 1160. The quantitative estimate of drug-likeness (QED) is 0.391. The van der Waals surface area contributed by atoms with Gasteiger partial charge in [-0.05, 0) is 49.4 Å². The number of hydrogen-bond donors (Lipinski definition) is 2. The van der Waals surface area contributed by atoms with E-state index in [1.165, 1.54) is 30.3 Å². The van der Waals surface area contributed by atoms with Crippen molar-refractivity contribution in [1.29, 1.82) is 0 Å². The number of hydrogen-bond acceptors (Lipinski definition) is 6. The van der Waals surface area contributed by atoms with Crippen LogP contribution in [0.1, 0.15) is 12.5 Å². The van der Waals surface area contributed by atoms with Crippen LogP contribution in [-0.4, -0.2) is 28.3 Å². The van der Waals surface area contributed by atoms with Crippen molar-refractivity contribution in [3.63, 3.8) is 0 Å². The van der Waals surface area contributed by atoms with Gasteiger partial charge in [-0.1, -0.05) is 0 Å². The normalized spacial score (nSPS) is 15.1. The third-order valence-corrected chi connectivity index (χ3v) is 4.24. The zero-order valence-electron chi connectivity index (χ0n) is 15.4. The number of carbonyl (C=O) groups is 2. The zero-order chi connectivity index (χ0) is 20.4. The van der Waals surface area contributed by atoms with E-state index in [9.17, 15) is 14.0 Å². The highest BCUT2D eigenvalue weighted by Crippen LogP contribution is 2.30. The number of allylic oxidation sites excluding steroid dienone is 1. The standard InChI is InChI=1S/C21H16FN3O4/c1-2-28-21(27)17-18(26)16(10-12-11-24-19-15(12)4-3-9-23-19)29-20(17)25-14-7-5-13(22)6-8-14/h3-11,25H,2H2,1H3,(H,23,24)/b16-10-. The fourth-order valence-electron chi connectivity index (χ4n) is 2.91. The minimum Gasteiger partial charge on any atom is -0.462 e. The zero-order valence-corrected chi connectivity index (χ0v) is 15.4. The Labute approximate surface area is 164 Å². The number of Topliss-reactive ketones (excluding diaryl/α,β-unsaturated/α-hetero) is 1. The Kier molecular flexibility index (Phi) is 4.82. The van der Waals surface area contributed by atoms with Crippen molar-refractivity contribution in [2.24, 2.45) is 0 Å². The molecule has 0 bridgehead atoms. The first-order chi connectivity index (χ1) is 14.1. The molecule has 3 heterocycles. The summed E-state index contributed by atoms with van der Waals surface area (Å²) in [5, 5.41) is 3.64. The Morgan fingerprint density at radius 2 is 2.10 bits per heavy atom. The van der Waals surface area contributed by atoms with Crippen molar-refractivity contribution in [3.05, 3.63) is 77.4 Å². The van der Waals surface area contributed by atoms with Crippen LogP contribution >= 0.6 is 0 Å². The van der Waals surface area contributed by atoms with Gasteiger partial charge in [-0.2, -0.15) is 0 Å². The number of halogens is 1. The van der Waals surface area contributed by atoms with Gasteiger partial charge in [-0.3, -0.25) is 4.79 Å². The molecule has 0 saturated carbocycles. The highest BCUT2D eigenvalue weighted by Gasteiger charge is 2.37. The van der Waals surface area contributed by atoms with Crippen LogP contribution in [0, 0.1) is 5.82 Å². The van der Waals surface area contributed by atoms with Gasteiger partial charge < -0.3 is 19.8 Å². The van der Waals surface area contributed by atoms with E-state index in [1.807, 2.05) is 6.07 Å². The van der Waals surface area contributed by atoms with Crippen molar-refractivity contribution >= 4 is 34.5 Å². The van der Waals surface area contributed by atoms with E-state index in [4.69, 9.17) is 9.47 Å². The summed E-state index contributed by atoms with van der Waals surface area (Å²) in [5.41, 5.74) is 1.55. The molecule has 0 spiro atoms. The first kappa shape index (κ1) is 18.4. The summed E-state index contributed by atoms with van der Waals surface area (Å²) in [6.07, 6.45) is 4.87. The van der Waals surface area contributed by atoms with Crippen LogP contribution in [0.3, 0.4) is 0 Å². The van der Waals surface area contributed by atoms with E-state index in [1.54, 1.807) is 25.4 Å². The van der Waals surface area contributed by atoms with Crippen LogP contribution in [0.2, 0.25) is 0 Å². The minimum absolute atomic E-state index is 0.0394. The topological polar surface area (TPSA) is 93.3 Å². The molecular weight excluding hydrogens is 377 g/mol. The van der Waals surface area contributed by atoms with Crippen molar-refractivity contribution in [3.8, 4) is 0 Å². The first-order valence-corrected chi connectivity index (χ1v) is 8.87. The van der Waals surface area contributed by atoms with Crippen LogP contribution in [0.4, 0.5) is 10.1 Å². The monoisotopic (exact) mass is 393 g/mol. The summed E-state index contributed by atoms with van der Waals surface area (Å²) in [4.78, 5) is 32.4. The Morgan fingerprint density at radius 1 is 1.31 bits per heavy atom. The summed E-state index contributed by atoms with van der Waals surface area (Å²) in [7, 11) is 0. The van der Waals surface area contributed by atoms with E-state index < -0.39 is 17.6 Å². The predicted octanol–water partition coefficient (Wildman–Crippen LogP) is 3.53. The Hall–Kier alpha value is -3.94. The fourth-order valence-corrected chi connectivity index (χ4v) is 2.91. The van der Waals surface area contributed by atoms with Gasteiger partial charge in [0.2, 0.25) is 11.7 Å². The molecule has 29 heavy (non-hydrogen) atoms. The number of carbonyl (C=O) groups excluding carboxylic acids is 2. The number of fused-ring (bicyclic) bond motifs is 1. The third kappa shape index (κ3) is 3.60. The molecular formula is C21H16FN3O4. The maximum atomic E-state index is 13.2. The highest BCUT2D eigenvalue weighted by atomic mass is 19.1. The number of rotatable bonds is 5. The maximum Gasteiger partial charge on any atom is 0.347 e. The Balaban J connectivity index is 1.70. The van der Waals surface area contributed by atoms with E-state index >= 15 is 0 Å². The SMILES string of the molecule is CCOC(=O)C1=C(Nc2ccc(F)cc2)O/C(=C\c2c[nH]c3ncccc23)C1=O. The second kappa shape index (κ2) is 7.59. The van der Waals surface area contributed by atoms with Crippen molar-refractivity contribution < 1.29 is 23.5 Å². The molecule has 3 aromatic rings. The number of pyridine rings is 1. The molecule has 0 radical (unpaired) electrons. The summed E-state index contributed by atoms with van der Waals surface area (Å²) >= 11 is 0. The molecule has 1 aliphatic heterocycles. The van der Waals surface area contributed by atoms with Crippen LogP contribution in [0.15, 0.2) is 66.0 Å². The van der Waals surface area contributed by atoms with Gasteiger partial charge in [0, 0.05) is 29.0 Å². The van der Waals surface area contributed by atoms with Gasteiger partial charge in [0.05, 0.1) is 6.61 Å². The van der Waals surface area contributed by atoms with Gasteiger partial charge in [0.15, 0.2) is 11.3 Å². The summed E-state index contributed by atoms with van der Waals surface area (Å²) in [6.45, 7) is 1.74. The molecule has 0 amide bonds. The number of H-pyrrole nitrogens is 1. The number of ether oxygens (including phenoxy) is 2. The average Bonchev–Trinajstić information content (AvgIpc) is 3.25. The molecule has 1 aliphatic rings. The van der Waals surface area contributed by atoms with Crippen molar-refractivity contribution in [1.82, 2.24) is 9.97 Å². The number of nitrogens with one attached hydrogen (secondary N) is 2. The van der Waals surface area contributed by atoms with Crippen molar-refractivity contribution in [2.75, 3.05) is 11.9 Å². The van der Waals surface area contributed by atoms with Crippen LogP contribution in [-0.2, 0) is 19.1 Å². The predicted molar refractivity (Wildman–Crippen MR) is 104 cm³/mol. The number of ketones is 1. The lowest BCUT2D eigenvalue weighted by molar-refractivity contribution is -0.139. The number of nitrogens with zero attached hydrogens (tertiary/aromatic N) is 1. The number of benzene rings is 1. The minimum atomic E-state index is -0.800. The average molecular weight is 393 g/mol. The van der Waals surface area contributed by atoms with E-state index in [2.05, 4.69) is 15.3 Å². The lowest BCUT2D eigenvalue weighted by Gasteiger charge is -2.08. The molecule has 0 saturated heterocycles. The first-order valence-electron chi connectivity index (χ1n) is 8.87. The van der Waals surface area contributed by atoms with Gasteiger partial charge in [-0.25, -0.2) is 14.2 Å². The van der Waals surface area contributed by atoms with Gasteiger partial charge >= 0.3 is 5.97 Å². The molecule has 0 fully saturated rings. The van der Waals surface area contributed by atoms with Crippen LogP contribution in [0.5, 0.6) is 0 Å². The van der Waals surface area contributed by atoms with Crippen LogP contribution in [0.25, 0.3) is 17.1 Å². The smallest absolute Gasteiger partial charge is 0.347 e. The second-order valence-electron chi connectivity index (χ2n) is 6.14. The molecule has 4 rings (SSSR count). The maximum absolute atomic E-state index is 13.2. The van der Waals surface area contributed by atoms with Crippen molar-refractivity contribution in [2.45, 2.75) is 6.92 Å². The lowest BCUT2D eigenvalue weighted by Crippen LogP contribution is -2.16. The van der Waals surface area contributed by atoms with E-state index in [-0.39, 0.29) is 23.8 Å². The highest BCUT2D eigenvalue weighted by molar-refractivity contribution is 6.26. The number of esters is 1. The number of aromatic amines is 1. The molecule has 2 aromatic heterocycles. The van der Waals surface area contributed by atoms with E-state index in [0.717, 1.165) is 5.39 Å². The largest absolute Gasteiger partial charge is 0.462 e. The molecule has 1 aromatic carbocycles. The molecule has 2 N–H and O–H groups in total. The second-order valence-corrected chi connectivity index (χ2v) is 6.14. The molecule has 0 atom stereocenters. The molecule has 7 nitrogen and oxygen atoms in total. The van der Waals surface area contributed by atoms with Gasteiger partial charge in [0.1, 0.15) is 11.5 Å². The van der Waals surface area contributed by atoms with Crippen LogP contribution < -0.4 is 5.32 Å². The van der Waals surface area contributed by atoms with E-state index in [0.29, 0.717) is 16.9 Å². The summed E-state index contributed by atoms with van der Waals surface area (Å²) in [5.74, 6) is -1.92.